The third kappa shape index (κ3) is 3.92. The van der Waals surface area contributed by atoms with Crippen molar-refractivity contribution in [3.63, 3.8) is 0 Å². The van der Waals surface area contributed by atoms with Gasteiger partial charge < -0.3 is 5.32 Å². The summed E-state index contributed by atoms with van der Waals surface area (Å²) in [5.74, 6) is 1.46. The van der Waals surface area contributed by atoms with E-state index in [0.29, 0.717) is 0 Å². The molecule has 0 aliphatic heterocycles. The van der Waals surface area contributed by atoms with Gasteiger partial charge >= 0.3 is 0 Å². The van der Waals surface area contributed by atoms with Crippen molar-refractivity contribution < 1.29 is 0 Å². The van der Waals surface area contributed by atoms with Gasteiger partial charge in [-0.2, -0.15) is 0 Å². The number of aryl methyl sites for hydroxylation is 1. The first-order chi connectivity index (χ1) is 8.06. The van der Waals surface area contributed by atoms with Gasteiger partial charge in [0.15, 0.2) is 0 Å². The summed E-state index contributed by atoms with van der Waals surface area (Å²) >= 11 is 0. The molecule has 0 spiro atoms. The van der Waals surface area contributed by atoms with E-state index < -0.39 is 0 Å². The summed E-state index contributed by atoms with van der Waals surface area (Å²) in [4.78, 5) is 0. The number of allylic oxidation sites excluding steroid dienone is 1. The molecule has 0 amide bonds. The third-order valence-electron chi connectivity index (χ3n) is 3.54. The van der Waals surface area contributed by atoms with Crippen LogP contribution in [0.25, 0.3) is 5.70 Å². The van der Waals surface area contributed by atoms with E-state index in [0.717, 1.165) is 18.3 Å². The van der Waals surface area contributed by atoms with Crippen molar-refractivity contribution in [3.8, 4) is 0 Å². The minimum absolute atomic E-state index is 0.724. The first-order valence-corrected chi connectivity index (χ1v) is 6.50. The summed E-state index contributed by atoms with van der Waals surface area (Å²) in [6.45, 7) is 9.04. The molecule has 0 aromatic heterocycles. The van der Waals surface area contributed by atoms with Crippen LogP contribution in [0, 0.1) is 18.8 Å². The highest BCUT2D eigenvalue weighted by molar-refractivity contribution is 5.66. The standard InChI is InChI=1S/C16H25N/c1-12(2)13(3)10-11-16(17-5)15-9-7-6-8-14(15)4/h6-9,11-13,17H,10H2,1-5H3/b16-11-. The van der Waals surface area contributed by atoms with Gasteiger partial charge in [-0.05, 0) is 30.7 Å². The van der Waals surface area contributed by atoms with Crippen molar-refractivity contribution in [2.24, 2.45) is 11.8 Å². The van der Waals surface area contributed by atoms with E-state index in [1.165, 1.54) is 16.8 Å². The Kier molecular flexibility index (Phi) is 5.27. The van der Waals surface area contributed by atoms with Crippen LogP contribution in [0.2, 0.25) is 0 Å². The molecule has 0 bridgehead atoms. The van der Waals surface area contributed by atoms with E-state index in [1.54, 1.807) is 0 Å². The molecule has 0 aliphatic rings. The van der Waals surface area contributed by atoms with E-state index in [9.17, 15) is 0 Å². The number of nitrogens with one attached hydrogen (secondary N) is 1. The van der Waals surface area contributed by atoms with Gasteiger partial charge in [0.05, 0.1) is 0 Å². The van der Waals surface area contributed by atoms with Gasteiger partial charge in [-0.25, -0.2) is 0 Å². The molecule has 1 heteroatoms. The lowest BCUT2D eigenvalue weighted by Gasteiger charge is -2.15. The van der Waals surface area contributed by atoms with E-state index in [-0.39, 0.29) is 0 Å². The Morgan fingerprint density at radius 2 is 1.88 bits per heavy atom. The van der Waals surface area contributed by atoms with Crippen LogP contribution in [0.5, 0.6) is 0 Å². The molecule has 1 N–H and O–H groups in total. The van der Waals surface area contributed by atoms with Gasteiger partial charge in [0, 0.05) is 18.3 Å². The van der Waals surface area contributed by atoms with Gasteiger partial charge in [0.2, 0.25) is 0 Å². The zero-order chi connectivity index (χ0) is 12.8. The topological polar surface area (TPSA) is 12.0 Å². The van der Waals surface area contributed by atoms with Crippen molar-refractivity contribution >= 4 is 5.70 Å². The van der Waals surface area contributed by atoms with Gasteiger partial charge in [-0.1, -0.05) is 51.1 Å². The highest BCUT2D eigenvalue weighted by Gasteiger charge is 2.07. The first-order valence-electron chi connectivity index (χ1n) is 6.50. The van der Waals surface area contributed by atoms with Crippen LogP contribution in [0.15, 0.2) is 30.3 Å². The minimum Gasteiger partial charge on any atom is -0.388 e. The largest absolute Gasteiger partial charge is 0.388 e. The van der Waals surface area contributed by atoms with Crippen molar-refractivity contribution in [2.45, 2.75) is 34.1 Å². The Morgan fingerprint density at radius 3 is 2.41 bits per heavy atom. The molecule has 0 radical (unpaired) electrons. The fourth-order valence-corrected chi connectivity index (χ4v) is 1.80. The van der Waals surface area contributed by atoms with Gasteiger partial charge in [0.1, 0.15) is 0 Å². The average Bonchev–Trinajstić information content (AvgIpc) is 2.31. The molecule has 1 unspecified atom stereocenters. The fourth-order valence-electron chi connectivity index (χ4n) is 1.80. The minimum atomic E-state index is 0.724. The molecular weight excluding hydrogens is 206 g/mol. The van der Waals surface area contributed by atoms with Crippen molar-refractivity contribution in [2.75, 3.05) is 7.05 Å². The molecule has 94 valence electrons. The monoisotopic (exact) mass is 231 g/mol. The predicted molar refractivity (Wildman–Crippen MR) is 76.8 cm³/mol. The van der Waals surface area contributed by atoms with Crippen LogP contribution in [0.4, 0.5) is 0 Å². The third-order valence-corrected chi connectivity index (χ3v) is 3.54. The maximum absolute atomic E-state index is 3.31. The Hall–Kier alpha value is -1.24. The van der Waals surface area contributed by atoms with Crippen LogP contribution >= 0.6 is 0 Å². The molecular formula is C16H25N. The van der Waals surface area contributed by atoms with Gasteiger partial charge in [-0.15, -0.1) is 0 Å². The van der Waals surface area contributed by atoms with Crippen LogP contribution in [0.3, 0.4) is 0 Å². The van der Waals surface area contributed by atoms with Gasteiger partial charge in [0.25, 0.3) is 0 Å². The summed E-state index contributed by atoms with van der Waals surface area (Å²) in [5.41, 5.74) is 3.88. The number of hydrogen-bond donors (Lipinski definition) is 1. The molecule has 1 aromatic carbocycles. The van der Waals surface area contributed by atoms with Crippen LogP contribution in [0.1, 0.15) is 38.3 Å². The predicted octanol–water partition coefficient (Wildman–Crippen LogP) is 4.24. The Balaban J connectivity index is 2.85. The van der Waals surface area contributed by atoms with E-state index >= 15 is 0 Å². The SMILES string of the molecule is CN/C(=C\CC(C)C(C)C)c1ccccc1C. The smallest absolute Gasteiger partial charge is 0.0373 e. The highest BCUT2D eigenvalue weighted by Crippen LogP contribution is 2.20. The molecule has 1 nitrogen and oxygen atoms in total. The second-order valence-corrected chi connectivity index (χ2v) is 5.14. The Morgan fingerprint density at radius 1 is 1.24 bits per heavy atom. The van der Waals surface area contributed by atoms with Crippen molar-refractivity contribution in [3.05, 3.63) is 41.5 Å². The molecule has 0 heterocycles. The second kappa shape index (κ2) is 6.48. The van der Waals surface area contributed by atoms with Crippen molar-refractivity contribution in [1.29, 1.82) is 0 Å². The highest BCUT2D eigenvalue weighted by atomic mass is 14.8. The fraction of sp³-hybridized carbons (Fsp3) is 0.500. The molecule has 0 saturated carbocycles. The molecule has 17 heavy (non-hydrogen) atoms. The summed E-state index contributed by atoms with van der Waals surface area (Å²) in [7, 11) is 2.00. The Bertz CT molecular complexity index is 377. The lowest BCUT2D eigenvalue weighted by molar-refractivity contribution is 0.424. The molecule has 1 rings (SSSR count). The van der Waals surface area contributed by atoms with Crippen LogP contribution in [-0.4, -0.2) is 7.05 Å². The van der Waals surface area contributed by atoms with Gasteiger partial charge in [-0.3, -0.25) is 0 Å². The lowest BCUT2D eigenvalue weighted by Crippen LogP contribution is -2.08. The molecule has 0 saturated heterocycles. The van der Waals surface area contributed by atoms with Crippen LogP contribution < -0.4 is 5.32 Å². The lowest BCUT2D eigenvalue weighted by atomic mass is 9.93. The zero-order valence-corrected chi connectivity index (χ0v) is 11.7. The molecule has 1 aromatic rings. The first kappa shape index (κ1) is 13.8. The maximum atomic E-state index is 3.31. The van der Waals surface area contributed by atoms with Crippen molar-refractivity contribution in [1.82, 2.24) is 5.32 Å². The summed E-state index contributed by atoms with van der Waals surface area (Å²) in [5, 5.41) is 3.31. The van der Waals surface area contributed by atoms with E-state index in [2.05, 4.69) is 63.4 Å². The zero-order valence-electron chi connectivity index (χ0n) is 11.7. The molecule has 1 atom stereocenters. The molecule has 0 aliphatic carbocycles. The van der Waals surface area contributed by atoms with E-state index in [4.69, 9.17) is 0 Å². The summed E-state index contributed by atoms with van der Waals surface area (Å²) in [6.07, 6.45) is 3.45. The Labute approximate surface area is 106 Å². The number of hydrogen-bond acceptors (Lipinski definition) is 1. The maximum Gasteiger partial charge on any atom is 0.0373 e. The quantitative estimate of drug-likeness (QED) is 0.799. The normalized spacial score (nSPS) is 13.9. The van der Waals surface area contributed by atoms with E-state index in [1.807, 2.05) is 7.05 Å². The summed E-state index contributed by atoms with van der Waals surface area (Å²) < 4.78 is 0. The average molecular weight is 231 g/mol. The van der Waals surface area contributed by atoms with Crippen LogP contribution in [-0.2, 0) is 0 Å². The second-order valence-electron chi connectivity index (χ2n) is 5.14. The molecule has 0 fully saturated rings. The number of benzene rings is 1. The summed E-state index contributed by atoms with van der Waals surface area (Å²) in [6, 6.07) is 8.52. The number of rotatable bonds is 5.